The summed E-state index contributed by atoms with van der Waals surface area (Å²) in [5.74, 6) is -9.56. The van der Waals surface area contributed by atoms with Crippen molar-refractivity contribution >= 4 is 11.1 Å². The minimum absolute atomic E-state index is 0.109. The molecule has 224 valence electrons. The minimum atomic E-state index is -4.44. The van der Waals surface area contributed by atoms with E-state index in [2.05, 4.69) is 22.9 Å². The lowest BCUT2D eigenvalue weighted by Crippen LogP contribution is -2.23. The average Bonchev–Trinajstić information content (AvgIpc) is 2.94. The predicted molar refractivity (Wildman–Crippen MR) is 150 cm³/mol. The van der Waals surface area contributed by atoms with E-state index in [1.807, 2.05) is 13.0 Å². The highest BCUT2D eigenvalue weighted by Crippen LogP contribution is 2.36. The second-order valence-corrected chi connectivity index (χ2v) is 9.09. The summed E-state index contributed by atoms with van der Waals surface area (Å²) in [6.07, 6.45) is 4.57. The van der Waals surface area contributed by atoms with Crippen molar-refractivity contribution in [3.8, 4) is 5.75 Å². The number of allylic oxidation sites excluding steroid dienone is 10. The van der Waals surface area contributed by atoms with E-state index in [4.69, 9.17) is 0 Å². The van der Waals surface area contributed by atoms with Gasteiger partial charge in [-0.2, -0.15) is 8.78 Å². The van der Waals surface area contributed by atoms with Crippen LogP contribution in [0.2, 0.25) is 0 Å². The maximum absolute atomic E-state index is 15.1. The first-order valence-electron chi connectivity index (χ1n) is 12.7. The lowest BCUT2D eigenvalue weighted by Gasteiger charge is -2.19. The van der Waals surface area contributed by atoms with Crippen LogP contribution in [0.1, 0.15) is 35.2 Å². The van der Waals surface area contributed by atoms with E-state index in [-0.39, 0.29) is 36.1 Å². The van der Waals surface area contributed by atoms with E-state index >= 15 is 4.39 Å². The van der Waals surface area contributed by atoms with Gasteiger partial charge in [-0.3, -0.25) is 4.98 Å². The van der Waals surface area contributed by atoms with Crippen LogP contribution in [0.4, 0.5) is 35.1 Å². The monoisotopic (exact) mass is 603 g/mol. The normalized spacial score (nSPS) is 13.2. The Kier molecular flexibility index (Phi) is 11.0. The van der Waals surface area contributed by atoms with Gasteiger partial charge in [-0.1, -0.05) is 49.6 Å². The standard InChI is InChI=1S/C33H25F8NO/c1-4-7-22(31-14-11-20(3)19-42-31)15-23(34)9-6-10-27(35)25(8-5-2)21-12-13-26(28(36)16-21)33(40,41)43-24-17-29(37)32(39)30(38)18-24/h4-5,7-8,10-19H,1-2,6,9H2,3H3/b22-7+,23-15+,25-8-,27-10+. The van der Waals surface area contributed by atoms with Gasteiger partial charge in [0.2, 0.25) is 0 Å². The molecule has 0 aliphatic heterocycles. The molecule has 1 aromatic heterocycles. The maximum Gasteiger partial charge on any atom is 0.429 e. The zero-order valence-electron chi connectivity index (χ0n) is 22.8. The molecule has 2 aromatic carbocycles. The summed E-state index contributed by atoms with van der Waals surface area (Å²) in [7, 11) is 0. The molecule has 2 nitrogen and oxygen atoms in total. The molecule has 0 aliphatic carbocycles. The molecule has 1 heterocycles. The SMILES string of the molecule is C=C/C=C(\C(F)=C/CC/C(F)=C\C(=C/C=C)c1ccc(C)cn1)c1ccc(C(F)(F)Oc2cc(F)c(F)c(F)c2)c(F)c1. The Hall–Kier alpha value is -4.73. The van der Waals surface area contributed by atoms with Crippen LogP contribution in [0.25, 0.3) is 11.1 Å². The fourth-order valence-electron chi connectivity index (χ4n) is 3.81. The number of aryl methyl sites for hydroxylation is 1. The number of benzene rings is 2. The van der Waals surface area contributed by atoms with Gasteiger partial charge in [0.15, 0.2) is 17.5 Å². The highest BCUT2D eigenvalue weighted by molar-refractivity contribution is 5.78. The van der Waals surface area contributed by atoms with E-state index in [1.165, 1.54) is 24.3 Å². The topological polar surface area (TPSA) is 22.1 Å². The van der Waals surface area contributed by atoms with Crippen molar-refractivity contribution in [1.29, 1.82) is 0 Å². The molecular weight excluding hydrogens is 578 g/mol. The van der Waals surface area contributed by atoms with Gasteiger partial charge in [0.25, 0.3) is 0 Å². The average molecular weight is 604 g/mol. The number of rotatable bonds is 12. The third-order valence-electron chi connectivity index (χ3n) is 5.86. The zero-order chi connectivity index (χ0) is 31.7. The molecule has 0 saturated carbocycles. The molecule has 3 aromatic rings. The van der Waals surface area contributed by atoms with Crippen LogP contribution in [0.3, 0.4) is 0 Å². The summed E-state index contributed by atoms with van der Waals surface area (Å²) >= 11 is 0. The summed E-state index contributed by atoms with van der Waals surface area (Å²) in [5, 5.41) is 0. The van der Waals surface area contributed by atoms with Crippen LogP contribution in [0.5, 0.6) is 5.75 Å². The van der Waals surface area contributed by atoms with Crippen molar-refractivity contribution in [2.75, 3.05) is 0 Å². The lowest BCUT2D eigenvalue weighted by atomic mass is 10.0. The van der Waals surface area contributed by atoms with Crippen molar-refractivity contribution in [2.24, 2.45) is 0 Å². The van der Waals surface area contributed by atoms with E-state index in [0.717, 1.165) is 17.7 Å². The number of pyridine rings is 1. The van der Waals surface area contributed by atoms with Crippen LogP contribution in [-0.2, 0) is 6.11 Å². The smallest absolute Gasteiger partial charge is 0.429 e. The molecule has 0 saturated heterocycles. The molecule has 0 amide bonds. The highest BCUT2D eigenvalue weighted by atomic mass is 19.3. The summed E-state index contributed by atoms with van der Waals surface area (Å²) in [4.78, 5) is 4.25. The van der Waals surface area contributed by atoms with Gasteiger partial charge in [-0.05, 0) is 54.8 Å². The molecule has 0 N–H and O–H groups in total. The van der Waals surface area contributed by atoms with Gasteiger partial charge in [0.1, 0.15) is 23.2 Å². The summed E-state index contributed by atoms with van der Waals surface area (Å²) in [6.45, 7) is 8.93. The van der Waals surface area contributed by atoms with Gasteiger partial charge in [0.05, 0.1) is 11.3 Å². The molecule has 0 atom stereocenters. The van der Waals surface area contributed by atoms with Crippen molar-refractivity contribution < 1.29 is 39.9 Å². The Morgan fingerprint density at radius 2 is 1.58 bits per heavy atom. The second-order valence-electron chi connectivity index (χ2n) is 9.09. The Bertz CT molecular complexity index is 1600. The molecule has 0 fully saturated rings. The molecule has 0 spiro atoms. The van der Waals surface area contributed by atoms with Crippen molar-refractivity contribution in [2.45, 2.75) is 25.9 Å². The van der Waals surface area contributed by atoms with Crippen LogP contribution in [0, 0.1) is 30.2 Å². The molecule has 0 aliphatic rings. The van der Waals surface area contributed by atoms with Crippen LogP contribution in [-0.4, -0.2) is 4.98 Å². The summed E-state index contributed by atoms with van der Waals surface area (Å²) in [5.41, 5.74) is 0.162. The minimum Gasteiger partial charge on any atom is -0.429 e. The maximum atomic E-state index is 15.1. The van der Waals surface area contributed by atoms with Crippen molar-refractivity contribution in [1.82, 2.24) is 4.98 Å². The van der Waals surface area contributed by atoms with Gasteiger partial charge in [0, 0.05) is 35.9 Å². The number of nitrogens with zero attached hydrogens (tertiary/aromatic N) is 1. The second kappa shape index (κ2) is 14.4. The molecular formula is C33H25F8NO. The van der Waals surface area contributed by atoms with Crippen LogP contribution < -0.4 is 4.74 Å². The Balaban J connectivity index is 1.78. The molecule has 0 unspecified atom stereocenters. The third kappa shape index (κ3) is 8.64. The first-order chi connectivity index (χ1) is 20.4. The Morgan fingerprint density at radius 1 is 0.907 bits per heavy atom. The van der Waals surface area contributed by atoms with Gasteiger partial charge in [-0.15, -0.1) is 0 Å². The van der Waals surface area contributed by atoms with Crippen LogP contribution >= 0.6 is 0 Å². The quantitative estimate of drug-likeness (QED) is 0.117. The highest BCUT2D eigenvalue weighted by Gasteiger charge is 2.38. The molecule has 43 heavy (non-hydrogen) atoms. The fourth-order valence-corrected chi connectivity index (χ4v) is 3.81. The summed E-state index contributed by atoms with van der Waals surface area (Å²) in [6, 6.07) is 6.05. The number of aromatic nitrogens is 1. The lowest BCUT2D eigenvalue weighted by molar-refractivity contribution is -0.187. The van der Waals surface area contributed by atoms with Gasteiger partial charge < -0.3 is 4.74 Å². The third-order valence-corrected chi connectivity index (χ3v) is 5.86. The number of alkyl halides is 2. The van der Waals surface area contributed by atoms with E-state index in [9.17, 15) is 30.7 Å². The van der Waals surface area contributed by atoms with Gasteiger partial charge >= 0.3 is 6.11 Å². The molecule has 0 bridgehead atoms. The Morgan fingerprint density at radius 3 is 2.16 bits per heavy atom. The number of halogens is 8. The van der Waals surface area contributed by atoms with E-state index < -0.39 is 52.3 Å². The number of ether oxygens (including phenoxy) is 1. The summed E-state index contributed by atoms with van der Waals surface area (Å²) < 4.78 is 118. The first-order valence-corrected chi connectivity index (χ1v) is 12.7. The Labute approximate surface area is 243 Å². The van der Waals surface area contributed by atoms with E-state index in [0.29, 0.717) is 23.4 Å². The predicted octanol–water partition coefficient (Wildman–Crippen LogP) is 10.4. The van der Waals surface area contributed by atoms with Crippen LogP contribution in [0.15, 0.2) is 110 Å². The number of hydrogen-bond acceptors (Lipinski definition) is 2. The largest absolute Gasteiger partial charge is 0.429 e. The van der Waals surface area contributed by atoms with Crippen molar-refractivity contribution in [3.63, 3.8) is 0 Å². The van der Waals surface area contributed by atoms with Crippen molar-refractivity contribution in [3.05, 3.63) is 156 Å². The first kappa shape index (κ1) is 32.8. The fraction of sp³-hybridized carbons (Fsp3) is 0.121. The van der Waals surface area contributed by atoms with E-state index in [1.54, 1.807) is 18.3 Å². The number of hydrogen-bond donors (Lipinski definition) is 0. The molecule has 10 heteroatoms. The van der Waals surface area contributed by atoms with Gasteiger partial charge in [-0.25, -0.2) is 26.3 Å². The molecule has 0 radical (unpaired) electrons. The molecule has 3 rings (SSSR count). The zero-order valence-corrected chi connectivity index (χ0v) is 22.8.